The predicted octanol–water partition coefficient (Wildman–Crippen LogP) is 5.06. The summed E-state index contributed by atoms with van der Waals surface area (Å²) in [6.07, 6.45) is 0.542. The Morgan fingerprint density at radius 3 is 2.11 bits per heavy atom. The van der Waals surface area contributed by atoms with E-state index in [4.69, 9.17) is 15.2 Å². The molecule has 4 rings (SSSR count). The van der Waals surface area contributed by atoms with Crippen LogP contribution in [0.1, 0.15) is 103 Å². The Labute approximate surface area is 387 Å². The van der Waals surface area contributed by atoms with Crippen molar-refractivity contribution in [1.82, 2.24) is 21.3 Å². The van der Waals surface area contributed by atoms with E-state index in [1.54, 1.807) is 43.0 Å². The number of primary amides is 1. The molecule has 0 aromatic heterocycles. The molecule has 66 heavy (non-hydrogen) atoms. The number of esters is 1. The molecule has 0 saturated heterocycles. The standard InChI is InChI=1S/C50H65N7O9/c1-33(2)45(47(63)55-40(16-12-26-52-48(51)64)46(62)54-39-22-18-35(19-23-39)29-66-34(3)58)56-43(60)27-49(4,5)31-65-32-50(6,7)30-53-42(59)24-25-44(61)57-28-38-15-9-8-13-36(38)20-21-37-14-10-11-17-41(37)57/h8-11,13-15,17-19,22-23,33,40,45H,12,16,24-32H2,1-7H3,(H,53,59)(H,54,62)(H,55,63)(H,56,60)(H3,51,52,64)/t40-,45-/m0/s1. The van der Waals surface area contributed by atoms with Crippen LogP contribution in [-0.4, -0.2) is 79.9 Å². The Morgan fingerprint density at radius 1 is 0.773 bits per heavy atom. The van der Waals surface area contributed by atoms with E-state index < -0.39 is 46.7 Å². The quantitative estimate of drug-likeness (QED) is 0.0424. The monoisotopic (exact) mass is 907 g/mol. The van der Waals surface area contributed by atoms with Gasteiger partial charge in [-0.3, -0.25) is 28.8 Å². The maximum absolute atomic E-state index is 13.7. The van der Waals surface area contributed by atoms with Crippen molar-refractivity contribution >= 4 is 52.9 Å². The maximum atomic E-state index is 13.7. The number of nitrogens with two attached hydrogens (primary N) is 1. The largest absolute Gasteiger partial charge is 0.461 e. The number of hydrogen-bond acceptors (Lipinski definition) is 9. The minimum absolute atomic E-state index is 0.0112. The Kier molecular flexibility index (Phi) is 19.3. The van der Waals surface area contributed by atoms with Crippen LogP contribution in [0.5, 0.6) is 0 Å². The van der Waals surface area contributed by atoms with Gasteiger partial charge >= 0.3 is 12.0 Å². The van der Waals surface area contributed by atoms with Crippen molar-refractivity contribution in [2.24, 2.45) is 22.5 Å². The first kappa shape index (κ1) is 51.9. The zero-order valence-corrected chi connectivity index (χ0v) is 39.1. The molecule has 0 fully saturated rings. The van der Waals surface area contributed by atoms with Gasteiger partial charge in [0.25, 0.3) is 0 Å². The minimum Gasteiger partial charge on any atom is -0.461 e. The number of nitrogens with one attached hydrogen (secondary N) is 5. The van der Waals surface area contributed by atoms with Gasteiger partial charge in [0.05, 0.1) is 25.4 Å². The summed E-state index contributed by atoms with van der Waals surface area (Å²) in [4.78, 5) is 91.3. The van der Waals surface area contributed by atoms with E-state index in [-0.39, 0.29) is 75.7 Å². The zero-order chi connectivity index (χ0) is 48.4. The zero-order valence-electron chi connectivity index (χ0n) is 39.1. The molecular formula is C50H65N7O9. The van der Waals surface area contributed by atoms with Crippen molar-refractivity contribution < 1.29 is 43.0 Å². The summed E-state index contributed by atoms with van der Waals surface area (Å²) in [5.41, 5.74) is 8.50. The number of anilines is 2. The van der Waals surface area contributed by atoms with E-state index in [1.165, 1.54) is 6.92 Å². The molecule has 0 aliphatic carbocycles. The van der Waals surface area contributed by atoms with Crippen LogP contribution in [-0.2, 0) is 51.4 Å². The number of carbonyl (C=O) groups is 7. The first-order chi connectivity index (χ1) is 31.2. The normalized spacial score (nSPS) is 12.9. The number of carbonyl (C=O) groups excluding carboxylic acids is 7. The van der Waals surface area contributed by atoms with E-state index in [2.05, 4.69) is 38.4 Å². The molecule has 1 heterocycles. The number of fused-ring (bicyclic) bond motifs is 2. The first-order valence-corrected chi connectivity index (χ1v) is 22.2. The molecule has 0 unspecified atom stereocenters. The molecule has 0 radical (unpaired) electrons. The number of benzene rings is 3. The third-order valence-electron chi connectivity index (χ3n) is 10.7. The summed E-state index contributed by atoms with van der Waals surface area (Å²) in [6, 6.07) is 19.2. The second kappa shape index (κ2) is 24.5. The highest BCUT2D eigenvalue weighted by Gasteiger charge is 2.32. The lowest BCUT2D eigenvalue weighted by atomic mass is 9.89. The molecule has 1 aliphatic heterocycles. The SMILES string of the molecule is CC(=O)OCc1ccc(NC(=O)[C@H](CCCNC(N)=O)NC(=O)[C@@H](NC(=O)CC(C)(C)COCC(C)(C)CNC(=O)CCC(=O)N2Cc3ccccc3C#Cc3ccccc32)C(C)C)cc1. The third kappa shape index (κ3) is 17.3. The van der Waals surface area contributed by atoms with Gasteiger partial charge in [-0.2, -0.15) is 0 Å². The number of amides is 7. The van der Waals surface area contributed by atoms with Crippen LogP contribution in [0.2, 0.25) is 0 Å². The Bertz CT molecular complexity index is 2260. The summed E-state index contributed by atoms with van der Waals surface area (Å²) in [5.74, 6) is 3.77. The molecule has 0 saturated carbocycles. The third-order valence-corrected chi connectivity index (χ3v) is 10.7. The van der Waals surface area contributed by atoms with Crippen molar-refractivity contribution in [3.05, 3.63) is 95.1 Å². The van der Waals surface area contributed by atoms with Gasteiger partial charge in [-0.1, -0.05) is 95.8 Å². The molecule has 2 atom stereocenters. The van der Waals surface area contributed by atoms with E-state index in [1.807, 2.05) is 76.2 Å². The number of nitrogens with zero attached hydrogens (tertiary/aromatic N) is 1. The van der Waals surface area contributed by atoms with Crippen molar-refractivity contribution in [2.75, 3.05) is 36.5 Å². The number of urea groups is 1. The molecule has 3 aromatic carbocycles. The van der Waals surface area contributed by atoms with Gasteiger partial charge in [0.1, 0.15) is 18.7 Å². The van der Waals surface area contributed by atoms with E-state index in [9.17, 15) is 33.6 Å². The van der Waals surface area contributed by atoms with Crippen LogP contribution >= 0.6 is 0 Å². The molecule has 0 bridgehead atoms. The fraction of sp³-hybridized carbons (Fsp3) is 0.460. The molecule has 1 aliphatic rings. The Balaban J connectivity index is 1.25. The number of hydrogen-bond donors (Lipinski definition) is 6. The van der Waals surface area contributed by atoms with Gasteiger partial charge in [0.15, 0.2) is 0 Å². The molecule has 7 N–H and O–H groups in total. The summed E-state index contributed by atoms with van der Waals surface area (Å²) in [6.45, 7) is 13.9. The lowest BCUT2D eigenvalue weighted by Gasteiger charge is -2.30. The van der Waals surface area contributed by atoms with Crippen molar-refractivity contribution in [3.8, 4) is 11.8 Å². The summed E-state index contributed by atoms with van der Waals surface area (Å²) < 4.78 is 11.1. The second-order valence-electron chi connectivity index (χ2n) is 18.4. The molecule has 3 aromatic rings. The van der Waals surface area contributed by atoms with Gasteiger partial charge in [-0.25, -0.2) is 4.79 Å². The molecule has 354 valence electrons. The van der Waals surface area contributed by atoms with Crippen molar-refractivity contribution in [2.45, 2.75) is 106 Å². The van der Waals surface area contributed by atoms with Crippen LogP contribution < -0.4 is 37.2 Å². The summed E-state index contributed by atoms with van der Waals surface area (Å²) in [7, 11) is 0. The Hall–Kier alpha value is -6.73. The van der Waals surface area contributed by atoms with Gasteiger partial charge < -0.3 is 46.7 Å². The van der Waals surface area contributed by atoms with Crippen molar-refractivity contribution in [1.29, 1.82) is 0 Å². The average molecular weight is 908 g/mol. The topological polar surface area (TPSA) is 227 Å². The fourth-order valence-electron chi connectivity index (χ4n) is 7.04. The highest BCUT2D eigenvalue weighted by Crippen LogP contribution is 2.27. The van der Waals surface area contributed by atoms with Crippen LogP contribution in [0.4, 0.5) is 16.2 Å². The second-order valence-corrected chi connectivity index (χ2v) is 18.4. The van der Waals surface area contributed by atoms with E-state index in [0.29, 0.717) is 30.9 Å². The number of ether oxygens (including phenoxy) is 2. The number of rotatable bonds is 23. The lowest BCUT2D eigenvalue weighted by molar-refractivity contribution is -0.142. The summed E-state index contributed by atoms with van der Waals surface area (Å²) in [5, 5.41) is 13.8. The Morgan fingerprint density at radius 2 is 1.42 bits per heavy atom. The van der Waals surface area contributed by atoms with Crippen molar-refractivity contribution in [3.63, 3.8) is 0 Å². The highest BCUT2D eigenvalue weighted by atomic mass is 16.5. The highest BCUT2D eigenvalue weighted by molar-refractivity contribution is 5.99. The van der Waals surface area contributed by atoms with E-state index in [0.717, 1.165) is 22.3 Å². The first-order valence-electron chi connectivity index (χ1n) is 22.2. The molecule has 16 heteroatoms. The van der Waals surface area contributed by atoms with Crippen LogP contribution in [0.3, 0.4) is 0 Å². The molecular weight excluding hydrogens is 843 g/mol. The molecule has 7 amide bonds. The number of para-hydroxylation sites is 1. The van der Waals surface area contributed by atoms with Gasteiger partial charge in [-0.15, -0.1) is 0 Å². The minimum atomic E-state index is -1.02. The molecule has 0 spiro atoms. The maximum Gasteiger partial charge on any atom is 0.312 e. The van der Waals surface area contributed by atoms with Crippen LogP contribution in [0.25, 0.3) is 0 Å². The summed E-state index contributed by atoms with van der Waals surface area (Å²) >= 11 is 0. The predicted molar refractivity (Wildman–Crippen MR) is 251 cm³/mol. The van der Waals surface area contributed by atoms with E-state index >= 15 is 0 Å². The smallest absolute Gasteiger partial charge is 0.312 e. The molecule has 16 nitrogen and oxygen atoms in total. The van der Waals surface area contributed by atoms with Gasteiger partial charge in [-0.05, 0) is 65.6 Å². The van der Waals surface area contributed by atoms with Gasteiger partial charge in [0.2, 0.25) is 29.5 Å². The van der Waals surface area contributed by atoms with Crippen LogP contribution in [0, 0.1) is 28.6 Å². The van der Waals surface area contributed by atoms with Crippen LogP contribution in [0.15, 0.2) is 72.8 Å². The van der Waals surface area contributed by atoms with Gasteiger partial charge in [0, 0.05) is 61.5 Å². The fourth-order valence-corrected chi connectivity index (χ4v) is 7.04. The lowest BCUT2D eigenvalue weighted by Crippen LogP contribution is -2.55. The average Bonchev–Trinajstić information content (AvgIpc) is 3.25.